The molecule has 6 nitrogen and oxygen atoms in total. The first-order valence-corrected chi connectivity index (χ1v) is 11.7. The highest BCUT2D eigenvalue weighted by molar-refractivity contribution is 5.75. The zero-order valence-corrected chi connectivity index (χ0v) is 19.5. The van der Waals surface area contributed by atoms with E-state index in [0.717, 1.165) is 30.7 Å². The fourth-order valence-corrected chi connectivity index (χ4v) is 4.13. The van der Waals surface area contributed by atoms with Crippen molar-refractivity contribution in [3.05, 3.63) is 23.8 Å². The highest BCUT2D eigenvalue weighted by Gasteiger charge is 2.15. The van der Waals surface area contributed by atoms with Gasteiger partial charge in [0, 0.05) is 20.0 Å². The monoisotopic (exact) mass is 433 g/mol. The standard InChI is InChI=1S/C25H39NO5/c1-4-30-25(28)19-21-14-15-22(29-3)23(18-21)31-17-9-16-26(2)24(27)13-8-7-12-20-10-5-6-11-20/h14-15,18,20H,4-13,16-17,19H2,1-3H3. The summed E-state index contributed by atoms with van der Waals surface area (Å²) in [6.45, 7) is 3.29. The first-order valence-electron chi connectivity index (χ1n) is 11.7. The van der Waals surface area contributed by atoms with Gasteiger partial charge in [-0.05, 0) is 43.4 Å². The van der Waals surface area contributed by atoms with Crippen molar-refractivity contribution in [3.8, 4) is 11.5 Å². The number of hydrogen-bond donors (Lipinski definition) is 0. The van der Waals surface area contributed by atoms with Gasteiger partial charge in [-0.15, -0.1) is 0 Å². The van der Waals surface area contributed by atoms with Gasteiger partial charge in [0.05, 0.1) is 26.7 Å². The summed E-state index contributed by atoms with van der Waals surface area (Å²) >= 11 is 0. The second kappa shape index (κ2) is 13.9. The molecule has 1 aromatic rings. The Morgan fingerprint density at radius 2 is 1.87 bits per heavy atom. The summed E-state index contributed by atoms with van der Waals surface area (Å²) in [6, 6.07) is 5.45. The van der Waals surface area contributed by atoms with Crippen LogP contribution < -0.4 is 9.47 Å². The van der Waals surface area contributed by atoms with E-state index in [1.165, 1.54) is 32.1 Å². The van der Waals surface area contributed by atoms with Crippen LogP contribution in [0.1, 0.15) is 70.3 Å². The molecule has 0 spiro atoms. The van der Waals surface area contributed by atoms with Crippen LogP contribution in [0.15, 0.2) is 18.2 Å². The molecule has 0 aromatic heterocycles. The zero-order valence-electron chi connectivity index (χ0n) is 19.5. The third kappa shape index (κ3) is 9.19. The fourth-order valence-electron chi connectivity index (χ4n) is 4.13. The number of amides is 1. The quantitative estimate of drug-likeness (QED) is 0.312. The Labute approximate surface area is 187 Å². The van der Waals surface area contributed by atoms with Crippen LogP contribution in [0.3, 0.4) is 0 Å². The molecule has 0 heterocycles. The molecule has 0 unspecified atom stereocenters. The van der Waals surface area contributed by atoms with E-state index >= 15 is 0 Å². The van der Waals surface area contributed by atoms with Crippen LogP contribution in [-0.2, 0) is 20.7 Å². The number of ether oxygens (including phenoxy) is 3. The van der Waals surface area contributed by atoms with Gasteiger partial charge in [0.15, 0.2) is 11.5 Å². The molecule has 1 saturated carbocycles. The summed E-state index contributed by atoms with van der Waals surface area (Å²) in [5.74, 6) is 2.07. The van der Waals surface area contributed by atoms with Crippen molar-refractivity contribution in [2.75, 3.05) is 33.9 Å². The van der Waals surface area contributed by atoms with Crippen LogP contribution in [0, 0.1) is 5.92 Å². The summed E-state index contributed by atoms with van der Waals surface area (Å²) in [5, 5.41) is 0. The molecule has 0 atom stereocenters. The average molecular weight is 434 g/mol. The zero-order chi connectivity index (χ0) is 22.5. The molecular weight excluding hydrogens is 394 g/mol. The van der Waals surface area contributed by atoms with Crippen LogP contribution in [0.5, 0.6) is 11.5 Å². The van der Waals surface area contributed by atoms with Crippen molar-refractivity contribution >= 4 is 11.9 Å². The highest BCUT2D eigenvalue weighted by atomic mass is 16.5. The lowest BCUT2D eigenvalue weighted by Gasteiger charge is -2.18. The number of rotatable bonds is 14. The molecule has 1 fully saturated rings. The second-order valence-corrected chi connectivity index (χ2v) is 8.38. The molecule has 1 aliphatic carbocycles. The van der Waals surface area contributed by atoms with Gasteiger partial charge < -0.3 is 19.1 Å². The first kappa shape index (κ1) is 25.0. The van der Waals surface area contributed by atoms with E-state index in [4.69, 9.17) is 14.2 Å². The number of carbonyl (C=O) groups is 2. The van der Waals surface area contributed by atoms with Crippen LogP contribution in [-0.4, -0.2) is 50.7 Å². The fraction of sp³-hybridized carbons (Fsp3) is 0.680. The maximum Gasteiger partial charge on any atom is 0.310 e. The van der Waals surface area contributed by atoms with Crippen LogP contribution in [0.25, 0.3) is 0 Å². The number of carbonyl (C=O) groups excluding carboxylic acids is 2. The third-order valence-corrected chi connectivity index (χ3v) is 5.93. The molecule has 1 aromatic carbocycles. The largest absolute Gasteiger partial charge is 0.493 e. The lowest BCUT2D eigenvalue weighted by Crippen LogP contribution is -2.28. The Kier molecular flexibility index (Phi) is 11.3. The molecule has 1 aliphatic rings. The minimum atomic E-state index is -0.262. The van der Waals surface area contributed by atoms with Crippen LogP contribution in [0.4, 0.5) is 0 Å². The summed E-state index contributed by atoms with van der Waals surface area (Å²) < 4.78 is 16.2. The molecule has 31 heavy (non-hydrogen) atoms. The van der Waals surface area contributed by atoms with Crippen molar-refractivity contribution in [1.29, 1.82) is 0 Å². The number of methoxy groups -OCH3 is 1. The van der Waals surface area contributed by atoms with Gasteiger partial charge in [0.25, 0.3) is 0 Å². The molecule has 2 rings (SSSR count). The average Bonchev–Trinajstić information content (AvgIpc) is 3.28. The van der Waals surface area contributed by atoms with Crippen molar-refractivity contribution in [2.24, 2.45) is 5.92 Å². The maximum absolute atomic E-state index is 12.3. The third-order valence-electron chi connectivity index (χ3n) is 5.93. The van der Waals surface area contributed by atoms with E-state index in [-0.39, 0.29) is 18.3 Å². The molecule has 0 aliphatic heterocycles. The van der Waals surface area contributed by atoms with Gasteiger partial charge in [-0.2, -0.15) is 0 Å². The number of nitrogens with zero attached hydrogens (tertiary/aromatic N) is 1. The Balaban J connectivity index is 1.67. The lowest BCUT2D eigenvalue weighted by atomic mass is 10.00. The van der Waals surface area contributed by atoms with Gasteiger partial charge >= 0.3 is 5.97 Å². The minimum Gasteiger partial charge on any atom is -0.493 e. The van der Waals surface area contributed by atoms with Gasteiger partial charge in [0.2, 0.25) is 5.91 Å². The molecule has 0 bridgehead atoms. The van der Waals surface area contributed by atoms with Crippen molar-refractivity contribution in [2.45, 2.75) is 71.1 Å². The molecule has 174 valence electrons. The van der Waals surface area contributed by atoms with Crippen LogP contribution in [0.2, 0.25) is 0 Å². The summed E-state index contributed by atoms with van der Waals surface area (Å²) in [4.78, 5) is 25.8. The Hall–Kier alpha value is -2.24. The van der Waals surface area contributed by atoms with Crippen molar-refractivity contribution < 1.29 is 23.8 Å². The predicted molar refractivity (Wildman–Crippen MR) is 122 cm³/mol. The number of benzene rings is 1. The van der Waals surface area contributed by atoms with Gasteiger partial charge in [0.1, 0.15) is 0 Å². The summed E-state index contributed by atoms with van der Waals surface area (Å²) in [6.07, 6.45) is 10.5. The molecule has 0 saturated heterocycles. The van der Waals surface area contributed by atoms with Gasteiger partial charge in [-0.1, -0.05) is 44.6 Å². The summed E-state index contributed by atoms with van der Waals surface area (Å²) in [7, 11) is 3.45. The van der Waals surface area contributed by atoms with Gasteiger partial charge in [-0.25, -0.2) is 0 Å². The Morgan fingerprint density at radius 1 is 1.10 bits per heavy atom. The van der Waals surface area contributed by atoms with E-state index in [9.17, 15) is 9.59 Å². The van der Waals surface area contributed by atoms with E-state index in [0.29, 0.717) is 37.7 Å². The minimum absolute atomic E-state index is 0.201. The number of esters is 1. The van der Waals surface area contributed by atoms with Gasteiger partial charge in [-0.3, -0.25) is 9.59 Å². The smallest absolute Gasteiger partial charge is 0.310 e. The summed E-state index contributed by atoms with van der Waals surface area (Å²) in [5.41, 5.74) is 0.819. The predicted octanol–water partition coefficient (Wildman–Crippen LogP) is 4.78. The van der Waals surface area contributed by atoms with Crippen molar-refractivity contribution in [3.63, 3.8) is 0 Å². The van der Waals surface area contributed by atoms with E-state index in [1.54, 1.807) is 25.0 Å². The SMILES string of the molecule is CCOC(=O)Cc1ccc(OC)c(OCCCN(C)C(=O)CCCCC2CCCC2)c1. The normalized spacial score (nSPS) is 13.8. The number of unbranched alkanes of at least 4 members (excludes halogenated alkanes) is 1. The van der Waals surface area contributed by atoms with E-state index in [2.05, 4.69) is 0 Å². The molecule has 6 heteroatoms. The molecular formula is C25H39NO5. The van der Waals surface area contributed by atoms with E-state index in [1.807, 2.05) is 19.2 Å². The van der Waals surface area contributed by atoms with E-state index < -0.39 is 0 Å². The Morgan fingerprint density at radius 3 is 2.58 bits per heavy atom. The number of hydrogen-bond acceptors (Lipinski definition) is 5. The van der Waals surface area contributed by atoms with Crippen LogP contribution >= 0.6 is 0 Å². The maximum atomic E-state index is 12.3. The highest BCUT2D eigenvalue weighted by Crippen LogP contribution is 2.29. The molecule has 0 N–H and O–H groups in total. The van der Waals surface area contributed by atoms with Crippen molar-refractivity contribution in [1.82, 2.24) is 4.90 Å². The Bertz CT molecular complexity index is 684. The lowest BCUT2D eigenvalue weighted by molar-refractivity contribution is -0.142. The molecule has 1 amide bonds. The molecule has 0 radical (unpaired) electrons. The first-order chi connectivity index (χ1) is 15.0. The topological polar surface area (TPSA) is 65.1 Å². The second-order valence-electron chi connectivity index (χ2n) is 8.38.